The van der Waals surface area contributed by atoms with Crippen molar-refractivity contribution in [2.45, 2.75) is 19.6 Å². The van der Waals surface area contributed by atoms with Crippen LogP contribution < -0.4 is 19.5 Å². The van der Waals surface area contributed by atoms with Crippen molar-refractivity contribution < 1.29 is 23.4 Å². The molecule has 3 aromatic rings. The maximum absolute atomic E-state index is 13.8. The summed E-state index contributed by atoms with van der Waals surface area (Å²) in [5.41, 5.74) is 2.51. The van der Waals surface area contributed by atoms with E-state index in [0.29, 0.717) is 30.2 Å². The second kappa shape index (κ2) is 10.3. The summed E-state index contributed by atoms with van der Waals surface area (Å²) in [6, 6.07) is 19.9. The standard InChI is InChI=1S/C24H24FNO4/c1-28-21-10-8-18(12-20(21)25)14-24(27)26-15-19-9-11-22(23(13-19)29-2)30-16-17-6-4-3-5-7-17/h3-13H,14-16H2,1-2H3,(H,26,27). The van der Waals surface area contributed by atoms with Gasteiger partial charge in [0.1, 0.15) is 6.61 Å². The Morgan fingerprint density at radius 3 is 2.23 bits per heavy atom. The number of methoxy groups -OCH3 is 2. The molecular weight excluding hydrogens is 385 g/mol. The van der Waals surface area contributed by atoms with E-state index in [9.17, 15) is 9.18 Å². The maximum atomic E-state index is 13.8. The first-order chi connectivity index (χ1) is 14.6. The van der Waals surface area contributed by atoms with Crippen LogP contribution in [0.5, 0.6) is 17.2 Å². The van der Waals surface area contributed by atoms with Crippen LogP contribution in [-0.2, 0) is 24.4 Å². The van der Waals surface area contributed by atoms with Crippen LogP contribution in [0.15, 0.2) is 66.7 Å². The summed E-state index contributed by atoms with van der Waals surface area (Å²) in [4.78, 5) is 12.2. The van der Waals surface area contributed by atoms with Gasteiger partial charge < -0.3 is 19.5 Å². The highest BCUT2D eigenvalue weighted by Gasteiger charge is 2.10. The van der Waals surface area contributed by atoms with Crippen molar-refractivity contribution in [2.75, 3.05) is 14.2 Å². The van der Waals surface area contributed by atoms with Crippen LogP contribution in [-0.4, -0.2) is 20.1 Å². The molecule has 1 N–H and O–H groups in total. The Labute approximate surface area is 175 Å². The van der Waals surface area contributed by atoms with Crippen molar-refractivity contribution in [3.63, 3.8) is 0 Å². The number of carbonyl (C=O) groups excluding carboxylic acids is 1. The quantitative estimate of drug-likeness (QED) is 0.573. The molecule has 0 heterocycles. The summed E-state index contributed by atoms with van der Waals surface area (Å²) < 4.78 is 29.9. The highest BCUT2D eigenvalue weighted by Crippen LogP contribution is 2.29. The molecule has 6 heteroatoms. The molecule has 0 unspecified atom stereocenters. The summed E-state index contributed by atoms with van der Waals surface area (Å²) in [5.74, 6) is 0.683. The average molecular weight is 409 g/mol. The largest absolute Gasteiger partial charge is 0.494 e. The Kier molecular flexibility index (Phi) is 7.27. The monoisotopic (exact) mass is 409 g/mol. The molecule has 156 valence electrons. The van der Waals surface area contributed by atoms with Gasteiger partial charge >= 0.3 is 0 Å². The van der Waals surface area contributed by atoms with Gasteiger partial charge in [0.05, 0.1) is 20.6 Å². The van der Waals surface area contributed by atoms with Crippen LogP contribution in [0.3, 0.4) is 0 Å². The minimum absolute atomic E-state index is 0.0797. The van der Waals surface area contributed by atoms with Crippen molar-refractivity contribution in [1.29, 1.82) is 0 Å². The maximum Gasteiger partial charge on any atom is 0.224 e. The Balaban J connectivity index is 1.56. The second-order valence-electron chi connectivity index (χ2n) is 6.68. The number of carbonyl (C=O) groups is 1. The Morgan fingerprint density at radius 2 is 1.53 bits per heavy atom. The van der Waals surface area contributed by atoms with Crippen LogP contribution in [0.1, 0.15) is 16.7 Å². The molecule has 0 aliphatic carbocycles. The molecule has 0 fully saturated rings. The van der Waals surface area contributed by atoms with E-state index >= 15 is 0 Å². The van der Waals surface area contributed by atoms with Crippen LogP contribution in [0.2, 0.25) is 0 Å². The third-order valence-corrected chi connectivity index (χ3v) is 4.54. The van der Waals surface area contributed by atoms with Gasteiger partial charge in [-0.1, -0.05) is 42.5 Å². The molecule has 30 heavy (non-hydrogen) atoms. The molecule has 0 saturated carbocycles. The first kappa shape index (κ1) is 21.2. The van der Waals surface area contributed by atoms with E-state index < -0.39 is 5.82 Å². The van der Waals surface area contributed by atoms with Crippen molar-refractivity contribution in [1.82, 2.24) is 5.32 Å². The molecule has 0 saturated heterocycles. The molecule has 0 radical (unpaired) electrons. The fourth-order valence-electron chi connectivity index (χ4n) is 2.94. The minimum Gasteiger partial charge on any atom is -0.494 e. The van der Waals surface area contributed by atoms with E-state index in [-0.39, 0.29) is 18.1 Å². The van der Waals surface area contributed by atoms with Crippen LogP contribution in [0, 0.1) is 5.82 Å². The molecule has 0 aromatic heterocycles. The van der Waals surface area contributed by atoms with Crippen molar-refractivity contribution in [2.24, 2.45) is 0 Å². The van der Waals surface area contributed by atoms with E-state index in [4.69, 9.17) is 14.2 Å². The predicted molar refractivity (Wildman–Crippen MR) is 112 cm³/mol. The fraction of sp³-hybridized carbons (Fsp3) is 0.208. The number of nitrogens with one attached hydrogen (secondary N) is 1. The first-order valence-corrected chi connectivity index (χ1v) is 9.52. The third-order valence-electron chi connectivity index (χ3n) is 4.54. The van der Waals surface area contributed by atoms with Gasteiger partial charge in [-0.2, -0.15) is 0 Å². The van der Waals surface area contributed by atoms with Crippen LogP contribution in [0.4, 0.5) is 4.39 Å². The molecule has 0 bridgehead atoms. The van der Waals surface area contributed by atoms with E-state index in [2.05, 4.69) is 5.32 Å². The number of halogens is 1. The van der Waals surface area contributed by atoms with Crippen LogP contribution >= 0.6 is 0 Å². The zero-order valence-corrected chi connectivity index (χ0v) is 17.0. The molecule has 1 amide bonds. The Morgan fingerprint density at radius 1 is 0.833 bits per heavy atom. The average Bonchev–Trinajstić information content (AvgIpc) is 2.77. The van der Waals surface area contributed by atoms with Gasteiger partial charge in [-0.05, 0) is 41.0 Å². The molecule has 5 nitrogen and oxygen atoms in total. The zero-order chi connectivity index (χ0) is 21.3. The van der Waals surface area contributed by atoms with E-state index in [1.165, 1.54) is 19.2 Å². The lowest BCUT2D eigenvalue weighted by Gasteiger charge is -2.13. The van der Waals surface area contributed by atoms with Gasteiger partial charge in [0.25, 0.3) is 0 Å². The van der Waals surface area contributed by atoms with Gasteiger partial charge in [-0.3, -0.25) is 4.79 Å². The Bertz CT molecular complexity index is 992. The predicted octanol–water partition coefficient (Wildman–Crippen LogP) is 4.28. The third kappa shape index (κ3) is 5.73. The molecule has 3 aromatic carbocycles. The van der Waals surface area contributed by atoms with Gasteiger partial charge in [0.15, 0.2) is 23.1 Å². The number of ether oxygens (including phenoxy) is 3. The highest BCUT2D eigenvalue weighted by atomic mass is 19.1. The normalized spacial score (nSPS) is 10.4. The smallest absolute Gasteiger partial charge is 0.224 e. The summed E-state index contributed by atoms with van der Waals surface area (Å²) in [6.45, 7) is 0.762. The molecular formula is C24H24FNO4. The molecule has 0 aliphatic rings. The molecule has 0 spiro atoms. The van der Waals surface area contributed by atoms with E-state index in [1.54, 1.807) is 13.2 Å². The minimum atomic E-state index is -0.487. The molecule has 0 atom stereocenters. The summed E-state index contributed by atoms with van der Waals surface area (Å²) in [6.07, 6.45) is 0.0797. The number of hydrogen-bond acceptors (Lipinski definition) is 4. The summed E-state index contributed by atoms with van der Waals surface area (Å²) >= 11 is 0. The fourth-order valence-corrected chi connectivity index (χ4v) is 2.94. The second-order valence-corrected chi connectivity index (χ2v) is 6.68. The summed E-state index contributed by atoms with van der Waals surface area (Å²) in [7, 11) is 2.97. The number of rotatable bonds is 9. The van der Waals surface area contributed by atoms with Crippen molar-refractivity contribution in [3.8, 4) is 17.2 Å². The molecule has 0 aliphatic heterocycles. The highest BCUT2D eigenvalue weighted by molar-refractivity contribution is 5.78. The van der Waals surface area contributed by atoms with Crippen molar-refractivity contribution in [3.05, 3.63) is 89.2 Å². The molecule has 3 rings (SSSR count). The van der Waals surface area contributed by atoms with E-state index in [0.717, 1.165) is 11.1 Å². The number of amides is 1. The Hall–Kier alpha value is -3.54. The van der Waals surface area contributed by atoms with Gasteiger partial charge in [0, 0.05) is 6.54 Å². The topological polar surface area (TPSA) is 56.8 Å². The lowest BCUT2D eigenvalue weighted by Crippen LogP contribution is -2.24. The first-order valence-electron chi connectivity index (χ1n) is 9.52. The van der Waals surface area contributed by atoms with E-state index in [1.807, 2.05) is 48.5 Å². The zero-order valence-electron chi connectivity index (χ0n) is 17.0. The number of hydrogen-bond donors (Lipinski definition) is 1. The lowest BCUT2D eigenvalue weighted by atomic mass is 10.1. The van der Waals surface area contributed by atoms with Gasteiger partial charge in [-0.25, -0.2) is 4.39 Å². The summed E-state index contributed by atoms with van der Waals surface area (Å²) in [5, 5.41) is 2.84. The number of benzene rings is 3. The van der Waals surface area contributed by atoms with Crippen LogP contribution in [0.25, 0.3) is 0 Å². The van der Waals surface area contributed by atoms with Gasteiger partial charge in [-0.15, -0.1) is 0 Å². The lowest BCUT2D eigenvalue weighted by molar-refractivity contribution is -0.120. The van der Waals surface area contributed by atoms with Crippen molar-refractivity contribution >= 4 is 5.91 Å². The van der Waals surface area contributed by atoms with Gasteiger partial charge in [0.2, 0.25) is 5.91 Å². The SMILES string of the molecule is COc1ccc(CC(=O)NCc2ccc(OCc3ccccc3)c(OC)c2)cc1F.